The van der Waals surface area contributed by atoms with Crippen molar-refractivity contribution >= 4 is 11.3 Å². The molecule has 1 aliphatic rings. The standard InChI is InChI=1S/C16H28N2S/c1-17-13-16(9-4-3-5-10-16)14-18(2)11-8-15-7-6-12-19-15/h6-7,12,17H,3-5,8-11,13-14H2,1-2H3. The topological polar surface area (TPSA) is 15.3 Å². The molecule has 1 aliphatic carbocycles. The van der Waals surface area contributed by atoms with Crippen LogP contribution in [0.4, 0.5) is 0 Å². The number of thiophene rings is 1. The minimum Gasteiger partial charge on any atom is -0.319 e. The van der Waals surface area contributed by atoms with Gasteiger partial charge in [-0.25, -0.2) is 0 Å². The molecule has 1 aromatic rings. The van der Waals surface area contributed by atoms with E-state index in [1.54, 1.807) is 0 Å². The molecule has 108 valence electrons. The molecule has 0 aliphatic heterocycles. The van der Waals surface area contributed by atoms with E-state index in [4.69, 9.17) is 0 Å². The van der Waals surface area contributed by atoms with E-state index in [0.717, 1.165) is 0 Å². The van der Waals surface area contributed by atoms with E-state index in [-0.39, 0.29) is 0 Å². The Kier molecular flexibility index (Phi) is 5.86. The summed E-state index contributed by atoms with van der Waals surface area (Å²) in [6, 6.07) is 4.41. The molecule has 0 saturated heterocycles. The highest BCUT2D eigenvalue weighted by molar-refractivity contribution is 7.09. The van der Waals surface area contributed by atoms with Crippen LogP contribution >= 0.6 is 11.3 Å². The van der Waals surface area contributed by atoms with Gasteiger partial charge in [-0.15, -0.1) is 11.3 Å². The lowest BCUT2D eigenvalue weighted by molar-refractivity contribution is 0.120. The number of hydrogen-bond donors (Lipinski definition) is 1. The van der Waals surface area contributed by atoms with Gasteiger partial charge in [-0.3, -0.25) is 0 Å². The third kappa shape index (κ3) is 4.59. The minimum atomic E-state index is 0.525. The van der Waals surface area contributed by atoms with Gasteiger partial charge >= 0.3 is 0 Å². The van der Waals surface area contributed by atoms with Crippen LogP contribution in [0, 0.1) is 5.41 Å². The summed E-state index contributed by atoms with van der Waals surface area (Å²) in [5, 5.41) is 5.61. The molecule has 2 nitrogen and oxygen atoms in total. The average molecular weight is 280 g/mol. The van der Waals surface area contributed by atoms with Gasteiger partial charge < -0.3 is 10.2 Å². The molecule has 0 bridgehead atoms. The smallest absolute Gasteiger partial charge is 0.00579 e. The maximum atomic E-state index is 3.43. The summed E-state index contributed by atoms with van der Waals surface area (Å²) in [5.74, 6) is 0. The van der Waals surface area contributed by atoms with Gasteiger partial charge in [-0.2, -0.15) is 0 Å². The Morgan fingerprint density at radius 2 is 2.11 bits per heavy atom. The highest BCUT2D eigenvalue weighted by Crippen LogP contribution is 2.36. The van der Waals surface area contributed by atoms with E-state index in [1.807, 2.05) is 11.3 Å². The van der Waals surface area contributed by atoms with Crippen LogP contribution in [0.25, 0.3) is 0 Å². The molecule has 1 saturated carbocycles. The van der Waals surface area contributed by atoms with E-state index in [1.165, 1.54) is 63.0 Å². The van der Waals surface area contributed by atoms with Crippen molar-refractivity contribution in [2.75, 3.05) is 33.7 Å². The minimum absolute atomic E-state index is 0.525. The first-order valence-corrected chi connectivity index (χ1v) is 8.48. The molecule has 0 unspecified atom stereocenters. The Morgan fingerprint density at radius 1 is 1.32 bits per heavy atom. The van der Waals surface area contributed by atoms with Gasteiger partial charge in [0.2, 0.25) is 0 Å². The van der Waals surface area contributed by atoms with Crippen molar-refractivity contribution < 1.29 is 0 Å². The van der Waals surface area contributed by atoms with Crippen molar-refractivity contribution in [3.63, 3.8) is 0 Å². The lowest BCUT2D eigenvalue weighted by Gasteiger charge is -2.40. The average Bonchev–Trinajstić information content (AvgIpc) is 2.91. The maximum absolute atomic E-state index is 3.43. The second-order valence-electron chi connectivity index (χ2n) is 6.16. The molecule has 0 aromatic carbocycles. The van der Waals surface area contributed by atoms with Crippen molar-refractivity contribution in [3.05, 3.63) is 22.4 Å². The van der Waals surface area contributed by atoms with E-state index in [9.17, 15) is 0 Å². The Hall–Kier alpha value is -0.380. The predicted molar refractivity (Wildman–Crippen MR) is 85.0 cm³/mol. The van der Waals surface area contributed by atoms with Crippen LogP contribution in [0.1, 0.15) is 37.0 Å². The summed E-state index contributed by atoms with van der Waals surface area (Å²) in [4.78, 5) is 4.06. The molecule has 0 radical (unpaired) electrons. The lowest BCUT2D eigenvalue weighted by atomic mass is 9.73. The third-order valence-electron chi connectivity index (χ3n) is 4.39. The van der Waals surface area contributed by atoms with E-state index < -0.39 is 0 Å². The highest BCUT2D eigenvalue weighted by atomic mass is 32.1. The van der Waals surface area contributed by atoms with Crippen LogP contribution in [0.3, 0.4) is 0 Å². The van der Waals surface area contributed by atoms with Crippen molar-refractivity contribution in [1.29, 1.82) is 0 Å². The summed E-state index contributed by atoms with van der Waals surface area (Å²) in [5.41, 5.74) is 0.525. The molecule has 1 heterocycles. The summed E-state index contributed by atoms with van der Waals surface area (Å²) in [7, 11) is 4.39. The first-order valence-electron chi connectivity index (χ1n) is 7.60. The Labute approximate surface area is 122 Å². The lowest BCUT2D eigenvalue weighted by Crippen LogP contribution is -2.44. The molecule has 2 rings (SSSR count). The second kappa shape index (κ2) is 7.41. The van der Waals surface area contributed by atoms with Gasteiger partial charge in [0, 0.05) is 24.5 Å². The van der Waals surface area contributed by atoms with E-state index in [0.29, 0.717) is 5.41 Å². The van der Waals surface area contributed by atoms with Gasteiger partial charge in [0.15, 0.2) is 0 Å². The molecule has 1 aromatic heterocycles. The van der Waals surface area contributed by atoms with Crippen LogP contribution in [-0.2, 0) is 6.42 Å². The van der Waals surface area contributed by atoms with Crippen LogP contribution in [-0.4, -0.2) is 38.6 Å². The summed E-state index contributed by atoms with van der Waals surface area (Å²) in [6.45, 7) is 3.61. The molecular formula is C16H28N2S. The molecule has 0 amide bonds. The molecular weight excluding hydrogens is 252 g/mol. The zero-order valence-electron chi connectivity index (χ0n) is 12.5. The van der Waals surface area contributed by atoms with Crippen LogP contribution in [0.5, 0.6) is 0 Å². The summed E-state index contributed by atoms with van der Waals surface area (Å²) in [6.07, 6.45) is 8.27. The Morgan fingerprint density at radius 3 is 2.74 bits per heavy atom. The molecule has 1 N–H and O–H groups in total. The second-order valence-corrected chi connectivity index (χ2v) is 7.19. The molecule has 0 spiro atoms. The van der Waals surface area contributed by atoms with Crippen LogP contribution in [0.2, 0.25) is 0 Å². The molecule has 0 atom stereocenters. The van der Waals surface area contributed by atoms with Gasteiger partial charge in [-0.1, -0.05) is 25.3 Å². The van der Waals surface area contributed by atoms with Crippen molar-refractivity contribution in [1.82, 2.24) is 10.2 Å². The first kappa shape index (κ1) is 15.0. The van der Waals surface area contributed by atoms with E-state index in [2.05, 4.69) is 41.8 Å². The van der Waals surface area contributed by atoms with Crippen molar-refractivity contribution in [3.8, 4) is 0 Å². The molecule has 3 heteroatoms. The van der Waals surface area contributed by atoms with Gasteiger partial charge in [0.05, 0.1) is 0 Å². The van der Waals surface area contributed by atoms with Crippen molar-refractivity contribution in [2.24, 2.45) is 5.41 Å². The number of nitrogens with one attached hydrogen (secondary N) is 1. The monoisotopic (exact) mass is 280 g/mol. The Bertz CT molecular complexity index is 336. The van der Waals surface area contributed by atoms with Gasteiger partial charge in [0.25, 0.3) is 0 Å². The van der Waals surface area contributed by atoms with Crippen LogP contribution < -0.4 is 5.32 Å². The van der Waals surface area contributed by atoms with Crippen molar-refractivity contribution in [2.45, 2.75) is 38.5 Å². The predicted octanol–water partition coefficient (Wildman–Crippen LogP) is 3.39. The number of hydrogen-bond acceptors (Lipinski definition) is 3. The fraction of sp³-hybridized carbons (Fsp3) is 0.750. The highest BCUT2D eigenvalue weighted by Gasteiger charge is 2.32. The maximum Gasteiger partial charge on any atom is 0.00579 e. The first-order chi connectivity index (χ1) is 9.24. The SMILES string of the molecule is CNCC1(CN(C)CCc2cccs2)CCCCC1. The largest absolute Gasteiger partial charge is 0.319 e. The molecule has 19 heavy (non-hydrogen) atoms. The number of rotatable bonds is 7. The number of likely N-dealkylation sites (N-methyl/N-ethyl adjacent to an activating group) is 1. The Balaban J connectivity index is 1.82. The fourth-order valence-corrected chi connectivity index (χ4v) is 4.17. The number of nitrogens with zero attached hydrogens (tertiary/aromatic N) is 1. The van der Waals surface area contributed by atoms with Gasteiger partial charge in [0.1, 0.15) is 0 Å². The quantitative estimate of drug-likeness (QED) is 0.823. The normalized spacial score (nSPS) is 18.9. The summed E-state index contributed by atoms with van der Waals surface area (Å²) < 4.78 is 0. The summed E-state index contributed by atoms with van der Waals surface area (Å²) >= 11 is 1.88. The zero-order valence-corrected chi connectivity index (χ0v) is 13.3. The molecule has 1 fully saturated rings. The fourth-order valence-electron chi connectivity index (χ4n) is 3.48. The third-order valence-corrected chi connectivity index (χ3v) is 5.33. The van der Waals surface area contributed by atoms with E-state index >= 15 is 0 Å². The van der Waals surface area contributed by atoms with Crippen LogP contribution in [0.15, 0.2) is 17.5 Å². The zero-order chi connectivity index (χ0) is 13.6. The van der Waals surface area contributed by atoms with Gasteiger partial charge in [-0.05, 0) is 50.2 Å².